The van der Waals surface area contributed by atoms with Gasteiger partial charge in [0, 0.05) is 47.0 Å². The van der Waals surface area contributed by atoms with Crippen LogP contribution in [-0.4, -0.2) is 27.5 Å². The fraction of sp³-hybridized carbons (Fsp3) is 0.238. The van der Waals surface area contributed by atoms with E-state index in [1.807, 2.05) is 47.5 Å². The molecule has 1 aliphatic heterocycles. The molecule has 2 N–H and O–H groups in total. The Bertz CT molecular complexity index is 982. The monoisotopic (exact) mass is 380 g/mol. The molecule has 2 heterocycles. The number of hydrogen-bond acceptors (Lipinski definition) is 3. The summed E-state index contributed by atoms with van der Waals surface area (Å²) in [6.07, 6.45) is 2.79. The molecule has 0 unspecified atom stereocenters. The van der Waals surface area contributed by atoms with Gasteiger partial charge in [0.05, 0.1) is 11.9 Å². The fourth-order valence-electron chi connectivity index (χ4n) is 3.48. The van der Waals surface area contributed by atoms with Crippen molar-refractivity contribution in [1.29, 1.82) is 0 Å². The first-order chi connectivity index (χ1) is 13.2. The van der Waals surface area contributed by atoms with Crippen molar-refractivity contribution in [2.24, 2.45) is 0 Å². The number of carbonyl (C=O) groups is 1. The van der Waals surface area contributed by atoms with Crippen LogP contribution in [0.25, 0.3) is 11.3 Å². The lowest BCUT2D eigenvalue weighted by Crippen LogP contribution is -2.24. The molecule has 1 aliphatic rings. The lowest BCUT2D eigenvalue weighted by Gasteiger charge is -2.13. The van der Waals surface area contributed by atoms with E-state index < -0.39 is 0 Å². The quantitative estimate of drug-likeness (QED) is 0.651. The zero-order chi connectivity index (χ0) is 18.8. The number of benzene rings is 2. The molecule has 0 saturated heterocycles. The zero-order valence-corrected chi connectivity index (χ0v) is 15.9. The highest BCUT2D eigenvalue weighted by molar-refractivity contribution is 6.30. The van der Waals surface area contributed by atoms with Crippen molar-refractivity contribution in [3.05, 3.63) is 70.4 Å². The fourth-order valence-corrected chi connectivity index (χ4v) is 3.67. The molecule has 0 fully saturated rings. The van der Waals surface area contributed by atoms with Crippen molar-refractivity contribution in [3.63, 3.8) is 0 Å². The van der Waals surface area contributed by atoms with Gasteiger partial charge in [0.2, 0.25) is 0 Å². The predicted molar refractivity (Wildman–Crippen MR) is 108 cm³/mol. The van der Waals surface area contributed by atoms with Crippen LogP contribution in [0.5, 0.6) is 0 Å². The number of H-pyrrole nitrogens is 1. The van der Waals surface area contributed by atoms with Crippen molar-refractivity contribution in [3.8, 4) is 11.3 Å². The number of nitrogens with zero attached hydrogens (tertiary/aromatic N) is 2. The van der Waals surface area contributed by atoms with E-state index in [0.717, 1.165) is 46.6 Å². The Labute approximate surface area is 163 Å². The van der Waals surface area contributed by atoms with Crippen molar-refractivity contribution in [2.45, 2.75) is 26.4 Å². The Morgan fingerprint density at radius 2 is 2.15 bits per heavy atom. The van der Waals surface area contributed by atoms with E-state index in [9.17, 15) is 4.79 Å². The molecule has 0 saturated carbocycles. The molecule has 4 rings (SSSR count). The first-order valence-electron chi connectivity index (χ1n) is 9.10. The standard InChI is InChI=1S/C21H21ClN4O/c1-2-8-26-13-15-10-18(6-7-19(15)21(26)27)23-11-16-12-24-25-20(16)14-4-3-5-17(22)9-14/h3-7,9-10,12,23H,2,8,11,13H2,1H3,(H,24,25). The molecular weight excluding hydrogens is 360 g/mol. The molecule has 0 spiro atoms. The van der Waals surface area contributed by atoms with Gasteiger partial charge in [-0.05, 0) is 42.3 Å². The average Bonchev–Trinajstić information content (AvgIpc) is 3.25. The second kappa shape index (κ2) is 7.45. The molecule has 3 aromatic rings. The van der Waals surface area contributed by atoms with Gasteiger partial charge in [0.15, 0.2) is 0 Å². The zero-order valence-electron chi connectivity index (χ0n) is 15.1. The predicted octanol–water partition coefficient (Wildman–Crippen LogP) is 4.71. The molecule has 0 atom stereocenters. The summed E-state index contributed by atoms with van der Waals surface area (Å²) in [6, 6.07) is 13.7. The molecular formula is C21H21ClN4O. The summed E-state index contributed by atoms with van der Waals surface area (Å²) in [4.78, 5) is 14.3. The maximum Gasteiger partial charge on any atom is 0.254 e. The highest BCUT2D eigenvalue weighted by Gasteiger charge is 2.26. The van der Waals surface area contributed by atoms with Crippen LogP contribution in [0.1, 0.15) is 34.8 Å². The highest BCUT2D eigenvalue weighted by Crippen LogP contribution is 2.27. The van der Waals surface area contributed by atoms with Crippen LogP contribution in [0.2, 0.25) is 5.02 Å². The SMILES string of the molecule is CCCN1Cc2cc(NCc3cn[nH]c3-c3cccc(Cl)c3)ccc2C1=O. The Balaban J connectivity index is 1.49. The van der Waals surface area contributed by atoms with Gasteiger partial charge in [0.1, 0.15) is 0 Å². The minimum Gasteiger partial charge on any atom is -0.381 e. The van der Waals surface area contributed by atoms with Gasteiger partial charge < -0.3 is 10.2 Å². The Hall–Kier alpha value is -2.79. The smallest absolute Gasteiger partial charge is 0.254 e. The summed E-state index contributed by atoms with van der Waals surface area (Å²) in [6.45, 7) is 4.21. The third kappa shape index (κ3) is 3.55. The van der Waals surface area contributed by atoms with Crippen molar-refractivity contribution in [1.82, 2.24) is 15.1 Å². The second-order valence-corrected chi connectivity index (χ2v) is 7.17. The van der Waals surface area contributed by atoms with E-state index in [1.165, 1.54) is 0 Å². The Morgan fingerprint density at radius 1 is 1.26 bits per heavy atom. The number of rotatable bonds is 6. The van der Waals surface area contributed by atoms with Crippen LogP contribution in [0.3, 0.4) is 0 Å². The van der Waals surface area contributed by atoms with E-state index in [-0.39, 0.29) is 5.91 Å². The molecule has 6 heteroatoms. The molecule has 27 heavy (non-hydrogen) atoms. The van der Waals surface area contributed by atoms with Gasteiger partial charge in [-0.1, -0.05) is 30.7 Å². The largest absolute Gasteiger partial charge is 0.381 e. The van der Waals surface area contributed by atoms with Crippen LogP contribution in [0.15, 0.2) is 48.7 Å². The average molecular weight is 381 g/mol. The minimum atomic E-state index is 0.136. The summed E-state index contributed by atoms with van der Waals surface area (Å²) < 4.78 is 0. The highest BCUT2D eigenvalue weighted by atomic mass is 35.5. The van der Waals surface area contributed by atoms with Gasteiger partial charge in [-0.3, -0.25) is 9.89 Å². The van der Waals surface area contributed by atoms with Gasteiger partial charge in [-0.2, -0.15) is 5.10 Å². The maximum absolute atomic E-state index is 12.4. The van der Waals surface area contributed by atoms with E-state index in [2.05, 4.69) is 28.5 Å². The van der Waals surface area contributed by atoms with E-state index in [4.69, 9.17) is 11.6 Å². The van der Waals surface area contributed by atoms with Gasteiger partial charge >= 0.3 is 0 Å². The Kier molecular flexibility index (Phi) is 4.86. The third-order valence-electron chi connectivity index (χ3n) is 4.79. The number of carbonyl (C=O) groups excluding carboxylic acids is 1. The Morgan fingerprint density at radius 3 is 2.96 bits per heavy atom. The summed E-state index contributed by atoms with van der Waals surface area (Å²) in [5, 5.41) is 11.4. The minimum absolute atomic E-state index is 0.136. The summed E-state index contributed by atoms with van der Waals surface area (Å²) in [5.74, 6) is 0.136. The first kappa shape index (κ1) is 17.6. The molecule has 0 aliphatic carbocycles. The number of aromatic nitrogens is 2. The van der Waals surface area contributed by atoms with E-state index in [1.54, 1.807) is 0 Å². The number of nitrogens with one attached hydrogen (secondary N) is 2. The summed E-state index contributed by atoms with van der Waals surface area (Å²) in [5.41, 5.74) is 5.92. The number of fused-ring (bicyclic) bond motifs is 1. The van der Waals surface area contributed by atoms with Crippen LogP contribution < -0.4 is 5.32 Å². The third-order valence-corrected chi connectivity index (χ3v) is 5.03. The number of anilines is 1. The van der Waals surface area contributed by atoms with Gasteiger partial charge in [-0.15, -0.1) is 0 Å². The molecule has 0 bridgehead atoms. The van der Waals surface area contributed by atoms with Crippen LogP contribution in [0.4, 0.5) is 5.69 Å². The summed E-state index contributed by atoms with van der Waals surface area (Å²) >= 11 is 6.11. The normalized spacial score (nSPS) is 13.1. The lowest BCUT2D eigenvalue weighted by molar-refractivity contribution is 0.0778. The van der Waals surface area contributed by atoms with Crippen molar-refractivity contribution in [2.75, 3.05) is 11.9 Å². The van der Waals surface area contributed by atoms with Crippen LogP contribution >= 0.6 is 11.6 Å². The topological polar surface area (TPSA) is 61.0 Å². The first-order valence-corrected chi connectivity index (χ1v) is 9.47. The molecule has 1 aromatic heterocycles. The molecule has 138 valence electrons. The van der Waals surface area contributed by atoms with Gasteiger partial charge in [0.25, 0.3) is 5.91 Å². The number of halogens is 1. The molecule has 5 nitrogen and oxygen atoms in total. The molecule has 0 radical (unpaired) electrons. The maximum atomic E-state index is 12.4. The van der Waals surface area contributed by atoms with Crippen molar-refractivity contribution >= 4 is 23.2 Å². The number of aromatic amines is 1. The molecule has 1 amide bonds. The van der Waals surface area contributed by atoms with E-state index in [0.29, 0.717) is 18.1 Å². The summed E-state index contributed by atoms with van der Waals surface area (Å²) in [7, 11) is 0. The van der Waals surface area contributed by atoms with Crippen molar-refractivity contribution < 1.29 is 4.79 Å². The van der Waals surface area contributed by atoms with E-state index >= 15 is 0 Å². The lowest BCUT2D eigenvalue weighted by atomic mass is 10.1. The molecule has 2 aromatic carbocycles. The van der Waals surface area contributed by atoms with Gasteiger partial charge in [-0.25, -0.2) is 0 Å². The van der Waals surface area contributed by atoms with Crippen LogP contribution in [0, 0.1) is 0 Å². The number of amides is 1. The number of hydrogen-bond donors (Lipinski definition) is 2. The second-order valence-electron chi connectivity index (χ2n) is 6.73. The van der Waals surface area contributed by atoms with Crippen LogP contribution in [-0.2, 0) is 13.1 Å².